The van der Waals surface area contributed by atoms with Crippen LogP contribution in [0.15, 0.2) is 0 Å². The third-order valence-electron chi connectivity index (χ3n) is 1.92. The second kappa shape index (κ2) is 1.24. The van der Waals surface area contributed by atoms with Crippen molar-refractivity contribution in [3.63, 3.8) is 0 Å². The molecule has 1 heterocycles. The Bertz CT molecular complexity index is 128. The Morgan fingerprint density at radius 3 is 2.12 bits per heavy atom. The van der Waals surface area contributed by atoms with Gasteiger partial charge in [-0.1, -0.05) is 6.92 Å². The van der Waals surface area contributed by atoms with Gasteiger partial charge in [-0.2, -0.15) is 0 Å². The van der Waals surface area contributed by atoms with Gasteiger partial charge in [0.15, 0.2) is 0 Å². The van der Waals surface area contributed by atoms with Crippen LogP contribution in [-0.2, 0) is 4.79 Å². The first-order valence-electron chi connectivity index (χ1n) is 2.86. The van der Waals surface area contributed by atoms with Gasteiger partial charge in [0.05, 0.1) is 5.92 Å². The summed E-state index contributed by atoms with van der Waals surface area (Å²) >= 11 is 0. The Morgan fingerprint density at radius 1 is 1.62 bits per heavy atom. The van der Waals surface area contributed by atoms with Crippen LogP contribution >= 0.6 is 0 Å². The van der Waals surface area contributed by atoms with E-state index in [1.165, 1.54) is 0 Å². The highest BCUT2D eigenvalue weighted by atomic mass is 16.2. The third-order valence-corrected chi connectivity index (χ3v) is 1.92. The predicted molar refractivity (Wildman–Crippen MR) is 31.4 cm³/mol. The van der Waals surface area contributed by atoms with E-state index >= 15 is 0 Å². The fourth-order valence-corrected chi connectivity index (χ4v) is 0.784. The smallest absolute Gasteiger partial charge is 0.225 e. The average molecular weight is 113 g/mol. The van der Waals surface area contributed by atoms with Crippen LogP contribution in [0, 0.1) is 5.92 Å². The maximum Gasteiger partial charge on any atom is 0.225 e. The summed E-state index contributed by atoms with van der Waals surface area (Å²) in [4.78, 5) is 10.5. The van der Waals surface area contributed by atoms with Crippen LogP contribution in [-0.4, -0.2) is 11.4 Å². The molecule has 0 spiro atoms. The Morgan fingerprint density at radius 2 is 2.12 bits per heavy atom. The number of β-lactam (4-membered cyclic amide) rings is 1. The van der Waals surface area contributed by atoms with Crippen LogP contribution in [0.2, 0.25) is 0 Å². The maximum absolute atomic E-state index is 10.5. The van der Waals surface area contributed by atoms with Gasteiger partial charge in [0, 0.05) is 5.54 Å². The molecule has 1 saturated heterocycles. The quantitative estimate of drug-likeness (QED) is 0.456. The van der Waals surface area contributed by atoms with Gasteiger partial charge in [-0.15, -0.1) is 0 Å². The molecule has 0 radical (unpaired) electrons. The van der Waals surface area contributed by atoms with Gasteiger partial charge in [-0.3, -0.25) is 4.79 Å². The van der Waals surface area contributed by atoms with Crippen LogP contribution < -0.4 is 5.32 Å². The summed E-state index contributed by atoms with van der Waals surface area (Å²) in [6.45, 7) is 6.00. The zero-order valence-corrected chi connectivity index (χ0v) is 5.49. The summed E-state index contributed by atoms with van der Waals surface area (Å²) in [5, 5.41) is 2.79. The lowest BCUT2D eigenvalue weighted by Gasteiger charge is -2.42. The number of rotatable bonds is 0. The normalized spacial score (nSPS) is 33.4. The van der Waals surface area contributed by atoms with Crippen molar-refractivity contribution in [3.05, 3.63) is 0 Å². The van der Waals surface area contributed by atoms with E-state index in [4.69, 9.17) is 0 Å². The fraction of sp³-hybridized carbons (Fsp3) is 0.833. The Balaban J connectivity index is 2.60. The maximum atomic E-state index is 10.5. The first-order chi connectivity index (χ1) is 3.54. The average Bonchev–Trinajstić information content (AvgIpc) is 1.65. The summed E-state index contributed by atoms with van der Waals surface area (Å²) in [7, 11) is 0. The fourth-order valence-electron chi connectivity index (χ4n) is 0.784. The Kier molecular flexibility index (Phi) is 0.872. The highest BCUT2D eigenvalue weighted by Crippen LogP contribution is 2.24. The molecular formula is C6H11NO. The van der Waals surface area contributed by atoms with Crippen LogP contribution in [0.3, 0.4) is 0 Å². The van der Waals surface area contributed by atoms with Crippen LogP contribution in [0.1, 0.15) is 20.8 Å². The van der Waals surface area contributed by atoms with Gasteiger partial charge in [0.1, 0.15) is 0 Å². The first-order valence-corrected chi connectivity index (χ1v) is 2.86. The molecule has 1 aliphatic heterocycles. The SMILES string of the molecule is CC1C(=O)NC1(C)C. The second-order valence-electron chi connectivity index (χ2n) is 2.93. The standard InChI is InChI=1S/C6H11NO/c1-4-5(8)7-6(4,2)3/h4H,1-3H3,(H,7,8). The van der Waals surface area contributed by atoms with Crippen molar-refractivity contribution < 1.29 is 4.79 Å². The zero-order chi connectivity index (χ0) is 6.36. The molecule has 2 heteroatoms. The molecular weight excluding hydrogens is 102 g/mol. The molecule has 1 rings (SSSR count). The topological polar surface area (TPSA) is 29.1 Å². The largest absolute Gasteiger partial charge is 0.350 e. The van der Waals surface area contributed by atoms with E-state index in [-0.39, 0.29) is 17.4 Å². The van der Waals surface area contributed by atoms with Crippen LogP contribution in [0.4, 0.5) is 0 Å². The highest BCUT2D eigenvalue weighted by molar-refractivity contribution is 5.86. The molecule has 0 aromatic heterocycles. The predicted octanol–water partition coefficient (Wildman–Crippen LogP) is 0.531. The summed E-state index contributed by atoms with van der Waals surface area (Å²) in [5.74, 6) is 0.373. The van der Waals surface area contributed by atoms with Gasteiger partial charge in [-0.25, -0.2) is 0 Å². The summed E-state index contributed by atoms with van der Waals surface area (Å²) in [6, 6.07) is 0. The van der Waals surface area contributed by atoms with Gasteiger partial charge in [0.25, 0.3) is 0 Å². The molecule has 1 unspecified atom stereocenters. The van der Waals surface area contributed by atoms with E-state index in [0.717, 1.165) is 0 Å². The van der Waals surface area contributed by atoms with E-state index in [2.05, 4.69) is 5.32 Å². The van der Waals surface area contributed by atoms with Crippen molar-refractivity contribution in [3.8, 4) is 0 Å². The van der Waals surface area contributed by atoms with E-state index in [1.807, 2.05) is 20.8 Å². The molecule has 0 aromatic carbocycles. The molecule has 1 N–H and O–H groups in total. The summed E-state index contributed by atoms with van der Waals surface area (Å²) in [5.41, 5.74) is 0.0527. The number of hydrogen-bond acceptors (Lipinski definition) is 1. The van der Waals surface area contributed by atoms with E-state index in [9.17, 15) is 4.79 Å². The van der Waals surface area contributed by atoms with Crippen molar-refractivity contribution >= 4 is 5.91 Å². The van der Waals surface area contributed by atoms with Crippen LogP contribution in [0.5, 0.6) is 0 Å². The molecule has 0 aromatic rings. The van der Waals surface area contributed by atoms with Gasteiger partial charge < -0.3 is 5.32 Å². The Hall–Kier alpha value is -0.530. The van der Waals surface area contributed by atoms with Crippen molar-refractivity contribution in [2.45, 2.75) is 26.3 Å². The molecule has 2 nitrogen and oxygen atoms in total. The third kappa shape index (κ3) is 0.522. The highest BCUT2D eigenvalue weighted by Gasteiger charge is 2.42. The van der Waals surface area contributed by atoms with Crippen molar-refractivity contribution in [2.75, 3.05) is 0 Å². The molecule has 46 valence electrons. The van der Waals surface area contributed by atoms with E-state index in [1.54, 1.807) is 0 Å². The van der Waals surface area contributed by atoms with Gasteiger partial charge >= 0.3 is 0 Å². The lowest BCUT2D eigenvalue weighted by molar-refractivity contribution is -0.138. The van der Waals surface area contributed by atoms with Crippen molar-refractivity contribution in [1.82, 2.24) is 5.32 Å². The van der Waals surface area contributed by atoms with Crippen molar-refractivity contribution in [2.24, 2.45) is 5.92 Å². The number of carbonyl (C=O) groups excluding carboxylic acids is 1. The number of amides is 1. The minimum atomic E-state index is 0.0527. The van der Waals surface area contributed by atoms with E-state index < -0.39 is 0 Å². The van der Waals surface area contributed by atoms with Crippen LogP contribution in [0.25, 0.3) is 0 Å². The van der Waals surface area contributed by atoms with Crippen molar-refractivity contribution in [1.29, 1.82) is 0 Å². The lowest BCUT2D eigenvalue weighted by atomic mass is 9.80. The minimum absolute atomic E-state index is 0.0527. The zero-order valence-electron chi connectivity index (χ0n) is 5.49. The monoisotopic (exact) mass is 113 g/mol. The Labute approximate surface area is 49.3 Å². The molecule has 1 fully saturated rings. The lowest BCUT2D eigenvalue weighted by Crippen LogP contribution is -2.64. The number of hydrogen-bond donors (Lipinski definition) is 1. The van der Waals surface area contributed by atoms with Gasteiger partial charge in [-0.05, 0) is 13.8 Å². The number of nitrogens with one attached hydrogen (secondary N) is 1. The first kappa shape index (κ1) is 5.60. The minimum Gasteiger partial charge on any atom is -0.350 e. The second-order valence-corrected chi connectivity index (χ2v) is 2.93. The molecule has 8 heavy (non-hydrogen) atoms. The molecule has 0 aliphatic carbocycles. The van der Waals surface area contributed by atoms with Gasteiger partial charge in [0.2, 0.25) is 5.91 Å². The summed E-state index contributed by atoms with van der Waals surface area (Å²) in [6.07, 6.45) is 0. The summed E-state index contributed by atoms with van der Waals surface area (Å²) < 4.78 is 0. The number of carbonyl (C=O) groups is 1. The molecule has 1 amide bonds. The molecule has 0 bridgehead atoms. The molecule has 1 atom stereocenters. The molecule has 1 aliphatic rings. The molecule has 0 saturated carbocycles. The van der Waals surface area contributed by atoms with E-state index in [0.29, 0.717) is 0 Å².